The predicted octanol–water partition coefficient (Wildman–Crippen LogP) is 2.45. The first-order valence-electron chi connectivity index (χ1n) is 7.08. The summed E-state index contributed by atoms with van der Waals surface area (Å²) < 4.78 is 2.35. The predicted molar refractivity (Wildman–Crippen MR) is 72.6 cm³/mol. The van der Waals surface area contributed by atoms with Crippen LogP contribution in [0.4, 0.5) is 0 Å². The number of aromatic nitrogens is 2. The molecule has 94 valence electrons. The molecular formula is C15H19N3. The van der Waals surface area contributed by atoms with Crippen LogP contribution in [0.25, 0.3) is 11.0 Å². The van der Waals surface area contributed by atoms with E-state index in [9.17, 15) is 0 Å². The highest BCUT2D eigenvalue weighted by Gasteiger charge is 2.26. The number of nitrogens with zero attached hydrogens (tertiary/aromatic N) is 3. The van der Waals surface area contributed by atoms with Gasteiger partial charge in [-0.25, -0.2) is 4.98 Å². The first kappa shape index (κ1) is 10.6. The van der Waals surface area contributed by atoms with Gasteiger partial charge in [-0.15, -0.1) is 0 Å². The molecule has 0 spiro atoms. The molecule has 18 heavy (non-hydrogen) atoms. The van der Waals surface area contributed by atoms with Crippen molar-refractivity contribution in [1.82, 2.24) is 14.5 Å². The van der Waals surface area contributed by atoms with Crippen LogP contribution in [0.5, 0.6) is 0 Å². The minimum absolute atomic E-state index is 0.678. The van der Waals surface area contributed by atoms with Gasteiger partial charge in [-0.1, -0.05) is 18.6 Å². The zero-order valence-electron chi connectivity index (χ0n) is 10.7. The molecule has 0 aliphatic carbocycles. The van der Waals surface area contributed by atoms with Gasteiger partial charge in [-0.2, -0.15) is 0 Å². The summed E-state index contributed by atoms with van der Waals surface area (Å²) in [5, 5.41) is 0. The Labute approximate surface area is 107 Å². The van der Waals surface area contributed by atoms with Crippen molar-refractivity contribution in [3.05, 3.63) is 30.1 Å². The van der Waals surface area contributed by atoms with E-state index in [1.54, 1.807) is 0 Å². The van der Waals surface area contributed by atoms with E-state index in [-0.39, 0.29) is 0 Å². The fourth-order valence-electron chi connectivity index (χ4n) is 3.58. The smallest absolute Gasteiger partial charge is 0.0958 e. The molecule has 1 saturated heterocycles. The third-order valence-corrected chi connectivity index (χ3v) is 4.49. The maximum absolute atomic E-state index is 4.51. The molecule has 3 heteroatoms. The number of likely N-dealkylation sites (tertiary alicyclic amines) is 1. The summed E-state index contributed by atoms with van der Waals surface area (Å²) in [7, 11) is 0. The molecule has 2 aliphatic rings. The van der Waals surface area contributed by atoms with Crippen LogP contribution in [0.3, 0.4) is 0 Å². The van der Waals surface area contributed by atoms with Crippen LogP contribution in [0.15, 0.2) is 24.5 Å². The van der Waals surface area contributed by atoms with E-state index in [0.29, 0.717) is 6.04 Å². The average Bonchev–Trinajstić information content (AvgIpc) is 2.85. The second-order valence-corrected chi connectivity index (χ2v) is 5.64. The quantitative estimate of drug-likeness (QED) is 0.764. The van der Waals surface area contributed by atoms with Crippen molar-refractivity contribution in [2.75, 3.05) is 13.1 Å². The molecule has 2 aliphatic heterocycles. The maximum atomic E-state index is 4.51. The molecular weight excluding hydrogens is 222 g/mol. The zero-order chi connectivity index (χ0) is 11.9. The fraction of sp³-hybridized carbons (Fsp3) is 0.533. The lowest BCUT2D eigenvalue weighted by molar-refractivity contribution is 0.145. The molecule has 1 aromatic heterocycles. The highest BCUT2D eigenvalue weighted by molar-refractivity contribution is 5.79. The Morgan fingerprint density at radius 2 is 2.00 bits per heavy atom. The highest BCUT2D eigenvalue weighted by Crippen LogP contribution is 2.27. The van der Waals surface area contributed by atoms with Crippen molar-refractivity contribution in [3.8, 4) is 0 Å². The summed E-state index contributed by atoms with van der Waals surface area (Å²) in [5.41, 5.74) is 4.00. The Balaban J connectivity index is 1.69. The lowest BCUT2D eigenvalue weighted by Crippen LogP contribution is -2.44. The Morgan fingerprint density at radius 3 is 2.89 bits per heavy atom. The number of piperidine rings is 1. The summed E-state index contributed by atoms with van der Waals surface area (Å²) >= 11 is 0. The van der Waals surface area contributed by atoms with Gasteiger partial charge >= 0.3 is 0 Å². The van der Waals surface area contributed by atoms with E-state index in [2.05, 4.69) is 32.7 Å². The van der Waals surface area contributed by atoms with Crippen LogP contribution < -0.4 is 0 Å². The van der Waals surface area contributed by atoms with Gasteiger partial charge in [0.1, 0.15) is 0 Å². The molecule has 1 atom stereocenters. The summed E-state index contributed by atoms with van der Waals surface area (Å²) in [6, 6.07) is 7.22. The summed E-state index contributed by atoms with van der Waals surface area (Å²) in [5.74, 6) is 0. The van der Waals surface area contributed by atoms with Gasteiger partial charge in [0.05, 0.1) is 17.4 Å². The Kier molecular flexibility index (Phi) is 2.40. The molecule has 1 fully saturated rings. The number of rotatable bonds is 1. The van der Waals surface area contributed by atoms with Crippen LogP contribution in [0.1, 0.15) is 24.8 Å². The number of hydrogen-bond donors (Lipinski definition) is 0. The van der Waals surface area contributed by atoms with Crippen molar-refractivity contribution in [3.63, 3.8) is 0 Å². The van der Waals surface area contributed by atoms with Crippen LogP contribution >= 0.6 is 0 Å². The maximum Gasteiger partial charge on any atom is 0.0958 e. The number of imidazole rings is 1. The average molecular weight is 241 g/mol. The second-order valence-electron chi connectivity index (χ2n) is 5.64. The van der Waals surface area contributed by atoms with E-state index < -0.39 is 0 Å². The van der Waals surface area contributed by atoms with E-state index in [0.717, 1.165) is 12.1 Å². The van der Waals surface area contributed by atoms with Crippen molar-refractivity contribution in [2.24, 2.45) is 0 Å². The fourth-order valence-corrected chi connectivity index (χ4v) is 3.58. The lowest BCUT2D eigenvalue weighted by Gasteiger charge is -2.37. The van der Waals surface area contributed by atoms with Crippen LogP contribution in [-0.4, -0.2) is 33.6 Å². The molecule has 0 saturated carbocycles. The van der Waals surface area contributed by atoms with Gasteiger partial charge in [-0.05, 0) is 44.0 Å². The first-order chi connectivity index (χ1) is 8.92. The number of para-hydroxylation sites is 1. The van der Waals surface area contributed by atoms with E-state index >= 15 is 0 Å². The third kappa shape index (κ3) is 1.57. The van der Waals surface area contributed by atoms with Gasteiger partial charge in [0, 0.05) is 12.6 Å². The van der Waals surface area contributed by atoms with Crippen LogP contribution in [-0.2, 0) is 13.0 Å². The summed E-state index contributed by atoms with van der Waals surface area (Å²) in [6.07, 6.45) is 7.37. The molecule has 3 nitrogen and oxygen atoms in total. The molecule has 2 aromatic rings. The van der Waals surface area contributed by atoms with Gasteiger partial charge < -0.3 is 4.57 Å². The lowest BCUT2D eigenvalue weighted by atomic mass is 9.97. The van der Waals surface area contributed by atoms with Gasteiger partial charge in [0.25, 0.3) is 0 Å². The molecule has 1 unspecified atom stereocenters. The molecule has 1 aromatic carbocycles. The molecule has 3 heterocycles. The van der Waals surface area contributed by atoms with Crippen LogP contribution in [0, 0.1) is 0 Å². The van der Waals surface area contributed by atoms with Crippen molar-refractivity contribution in [2.45, 2.75) is 38.3 Å². The van der Waals surface area contributed by atoms with Crippen molar-refractivity contribution in [1.29, 1.82) is 0 Å². The second kappa shape index (κ2) is 4.09. The zero-order valence-corrected chi connectivity index (χ0v) is 10.7. The topological polar surface area (TPSA) is 21.1 Å². The molecule has 4 rings (SSSR count). The van der Waals surface area contributed by atoms with Gasteiger partial charge in [0.2, 0.25) is 0 Å². The van der Waals surface area contributed by atoms with Crippen molar-refractivity contribution < 1.29 is 0 Å². The van der Waals surface area contributed by atoms with E-state index in [4.69, 9.17) is 0 Å². The standard InChI is InChI=1S/C15H19N3/c1-2-7-17(8-3-1)13-9-12-5-4-6-14-15(12)18(10-13)11-16-14/h4-6,11,13H,1-3,7-10H2. The molecule has 0 radical (unpaired) electrons. The normalized spacial score (nSPS) is 24.6. The Bertz CT molecular complexity index is 566. The number of hydrogen-bond acceptors (Lipinski definition) is 2. The van der Waals surface area contributed by atoms with E-state index in [1.165, 1.54) is 49.9 Å². The Hall–Kier alpha value is -1.35. The summed E-state index contributed by atoms with van der Waals surface area (Å²) in [4.78, 5) is 7.20. The monoisotopic (exact) mass is 241 g/mol. The van der Waals surface area contributed by atoms with Gasteiger partial charge in [-0.3, -0.25) is 4.90 Å². The molecule has 0 amide bonds. The molecule has 0 N–H and O–H groups in total. The SMILES string of the molecule is c1cc2c3c(c1)ncn3CC(N1CCCCC1)C2. The largest absolute Gasteiger partial charge is 0.329 e. The minimum Gasteiger partial charge on any atom is -0.329 e. The number of benzene rings is 1. The van der Waals surface area contributed by atoms with E-state index in [1.807, 2.05) is 6.33 Å². The van der Waals surface area contributed by atoms with Crippen LogP contribution in [0.2, 0.25) is 0 Å². The summed E-state index contributed by atoms with van der Waals surface area (Å²) in [6.45, 7) is 3.68. The Morgan fingerprint density at radius 1 is 1.11 bits per heavy atom. The van der Waals surface area contributed by atoms with Gasteiger partial charge in [0.15, 0.2) is 0 Å². The highest BCUT2D eigenvalue weighted by atomic mass is 15.2. The molecule has 0 bridgehead atoms. The first-order valence-corrected chi connectivity index (χ1v) is 7.08. The third-order valence-electron chi connectivity index (χ3n) is 4.49. The van der Waals surface area contributed by atoms with Crippen molar-refractivity contribution >= 4 is 11.0 Å². The minimum atomic E-state index is 0.678.